The Balaban J connectivity index is 4.37. The van der Waals surface area contributed by atoms with Gasteiger partial charge in [-0.3, -0.25) is 4.79 Å². The number of esters is 1. The summed E-state index contributed by atoms with van der Waals surface area (Å²) in [5.74, 6) is 0.00574. The lowest BCUT2D eigenvalue weighted by Crippen LogP contribution is -2.32. The molecule has 0 unspecified atom stereocenters. The number of hydrogen-bond acceptors (Lipinski definition) is 2. The number of ether oxygens (including phenoxy) is 1. The molecule has 0 atom stereocenters. The second-order valence-corrected chi connectivity index (χ2v) is 3.87. The van der Waals surface area contributed by atoms with E-state index in [4.69, 9.17) is 4.74 Å². The minimum absolute atomic E-state index is 0.00574. The molecule has 2 nitrogen and oxygen atoms in total. The first-order chi connectivity index (χ1) is 6.66. The Morgan fingerprint density at radius 1 is 1.07 bits per heavy atom. The summed E-state index contributed by atoms with van der Waals surface area (Å²) in [7, 11) is 0. The van der Waals surface area contributed by atoms with Crippen molar-refractivity contribution in [2.45, 2.75) is 59.8 Å². The molecule has 0 aliphatic rings. The molecule has 84 valence electrons. The van der Waals surface area contributed by atoms with Gasteiger partial charge in [0.05, 0.1) is 12.0 Å². The summed E-state index contributed by atoms with van der Waals surface area (Å²) < 4.78 is 5.25. The van der Waals surface area contributed by atoms with Crippen LogP contribution in [-0.4, -0.2) is 12.6 Å². The van der Waals surface area contributed by atoms with Crippen LogP contribution in [-0.2, 0) is 9.53 Å². The Morgan fingerprint density at radius 2 is 1.64 bits per heavy atom. The van der Waals surface area contributed by atoms with Gasteiger partial charge in [-0.05, 0) is 25.7 Å². The predicted molar refractivity (Wildman–Crippen MR) is 59.2 cm³/mol. The van der Waals surface area contributed by atoms with Crippen LogP contribution in [0.5, 0.6) is 0 Å². The maximum absolute atomic E-state index is 11.9. The van der Waals surface area contributed by atoms with Crippen LogP contribution in [0.15, 0.2) is 0 Å². The number of carbonyl (C=O) groups is 1. The lowest BCUT2D eigenvalue weighted by Gasteiger charge is -2.28. The average molecular weight is 200 g/mol. The van der Waals surface area contributed by atoms with Crippen LogP contribution in [0.25, 0.3) is 0 Å². The van der Waals surface area contributed by atoms with E-state index in [-0.39, 0.29) is 11.4 Å². The van der Waals surface area contributed by atoms with Crippen LogP contribution in [0.1, 0.15) is 59.8 Å². The number of rotatable bonds is 7. The first-order valence-electron chi connectivity index (χ1n) is 5.84. The van der Waals surface area contributed by atoms with Crippen LogP contribution in [0.2, 0.25) is 0 Å². The molecule has 0 spiro atoms. The van der Waals surface area contributed by atoms with Gasteiger partial charge in [-0.1, -0.05) is 34.1 Å². The summed E-state index contributed by atoms with van der Waals surface area (Å²) in [6.07, 6.45) is 4.67. The molecule has 0 saturated carbocycles. The molecular formula is C12H24O2. The van der Waals surface area contributed by atoms with Crippen molar-refractivity contribution in [1.82, 2.24) is 0 Å². The van der Waals surface area contributed by atoms with Gasteiger partial charge in [-0.15, -0.1) is 0 Å². The van der Waals surface area contributed by atoms with Crippen LogP contribution >= 0.6 is 0 Å². The van der Waals surface area contributed by atoms with E-state index >= 15 is 0 Å². The van der Waals surface area contributed by atoms with E-state index in [0.29, 0.717) is 6.61 Å². The lowest BCUT2D eigenvalue weighted by atomic mass is 9.78. The van der Waals surface area contributed by atoms with Gasteiger partial charge in [0.25, 0.3) is 0 Å². The van der Waals surface area contributed by atoms with Crippen LogP contribution < -0.4 is 0 Å². The molecule has 0 aromatic rings. The highest BCUT2D eigenvalue weighted by atomic mass is 16.5. The molecule has 2 heteroatoms. The van der Waals surface area contributed by atoms with Gasteiger partial charge in [-0.25, -0.2) is 0 Å². The zero-order chi connectivity index (χ0) is 11.0. The zero-order valence-corrected chi connectivity index (χ0v) is 10.1. The van der Waals surface area contributed by atoms with Gasteiger partial charge >= 0.3 is 5.97 Å². The summed E-state index contributed by atoms with van der Waals surface area (Å²) >= 11 is 0. The Kier molecular flexibility index (Phi) is 6.60. The molecule has 0 aliphatic heterocycles. The number of hydrogen-bond donors (Lipinski definition) is 0. The minimum atomic E-state index is -0.218. The zero-order valence-electron chi connectivity index (χ0n) is 10.1. The number of carbonyl (C=O) groups excluding carboxylic acids is 1. The summed E-state index contributed by atoms with van der Waals surface area (Å²) in [5, 5.41) is 0. The monoisotopic (exact) mass is 200 g/mol. The third-order valence-corrected chi connectivity index (χ3v) is 2.95. The highest BCUT2D eigenvalue weighted by Crippen LogP contribution is 2.33. The molecule has 0 fully saturated rings. The molecule has 0 amide bonds. The summed E-state index contributed by atoms with van der Waals surface area (Å²) in [6.45, 7) is 8.85. The first-order valence-corrected chi connectivity index (χ1v) is 5.84. The van der Waals surface area contributed by atoms with Gasteiger partial charge in [0.1, 0.15) is 0 Å². The van der Waals surface area contributed by atoms with E-state index in [0.717, 1.165) is 32.1 Å². The van der Waals surface area contributed by atoms with Crippen molar-refractivity contribution >= 4 is 5.97 Å². The smallest absolute Gasteiger partial charge is 0.312 e. The van der Waals surface area contributed by atoms with E-state index in [1.54, 1.807) is 0 Å². The van der Waals surface area contributed by atoms with Crippen LogP contribution in [0.3, 0.4) is 0 Å². The van der Waals surface area contributed by atoms with E-state index in [9.17, 15) is 4.79 Å². The van der Waals surface area contributed by atoms with E-state index in [1.807, 2.05) is 6.92 Å². The molecule has 0 saturated heterocycles. The molecular weight excluding hydrogens is 176 g/mol. The van der Waals surface area contributed by atoms with Crippen molar-refractivity contribution in [2.24, 2.45) is 5.41 Å². The molecule has 0 radical (unpaired) electrons. The molecule has 0 aromatic heterocycles. The highest BCUT2D eigenvalue weighted by Gasteiger charge is 2.35. The molecule has 0 rings (SSSR count). The largest absolute Gasteiger partial charge is 0.465 e. The van der Waals surface area contributed by atoms with E-state index in [2.05, 4.69) is 20.8 Å². The van der Waals surface area contributed by atoms with Gasteiger partial charge in [0.15, 0.2) is 0 Å². The van der Waals surface area contributed by atoms with Crippen molar-refractivity contribution in [3.8, 4) is 0 Å². The Hall–Kier alpha value is -0.530. The van der Waals surface area contributed by atoms with Crippen molar-refractivity contribution in [3.63, 3.8) is 0 Å². The summed E-state index contributed by atoms with van der Waals surface area (Å²) in [6, 6.07) is 0. The van der Waals surface area contributed by atoms with Gasteiger partial charge < -0.3 is 4.74 Å². The van der Waals surface area contributed by atoms with Gasteiger partial charge in [0.2, 0.25) is 0 Å². The van der Waals surface area contributed by atoms with Gasteiger partial charge in [0, 0.05) is 0 Å². The first kappa shape index (κ1) is 13.5. The van der Waals surface area contributed by atoms with Crippen molar-refractivity contribution in [1.29, 1.82) is 0 Å². The van der Waals surface area contributed by atoms with E-state index < -0.39 is 0 Å². The predicted octanol–water partition coefficient (Wildman–Crippen LogP) is 3.55. The Morgan fingerprint density at radius 3 is 2.00 bits per heavy atom. The highest BCUT2D eigenvalue weighted by molar-refractivity contribution is 5.76. The molecule has 0 aromatic carbocycles. The molecule has 14 heavy (non-hydrogen) atoms. The minimum Gasteiger partial charge on any atom is -0.465 e. The SMILES string of the molecule is CCCOC(=O)C(CC)(CC)CCC. The fraction of sp³-hybridized carbons (Fsp3) is 0.917. The Bertz CT molecular complexity index is 160. The second-order valence-electron chi connectivity index (χ2n) is 3.87. The van der Waals surface area contributed by atoms with Crippen molar-refractivity contribution in [3.05, 3.63) is 0 Å². The molecule has 0 bridgehead atoms. The third kappa shape index (κ3) is 3.32. The van der Waals surface area contributed by atoms with Crippen LogP contribution in [0, 0.1) is 5.41 Å². The molecule has 0 N–H and O–H groups in total. The maximum Gasteiger partial charge on any atom is 0.312 e. The summed E-state index contributed by atoms with van der Waals surface area (Å²) in [4.78, 5) is 11.9. The normalized spacial score (nSPS) is 11.4. The quantitative estimate of drug-likeness (QED) is 0.587. The maximum atomic E-state index is 11.9. The van der Waals surface area contributed by atoms with Crippen molar-refractivity contribution < 1.29 is 9.53 Å². The average Bonchev–Trinajstić information content (AvgIpc) is 2.22. The summed E-state index contributed by atoms with van der Waals surface area (Å²) in [5.41, 5.74) is -0.218. The molecule has 0 aliphatic carbocycles. The van der Waals surface area contributed by atoms with Crippen molar-refractivity contribution in [2.75, 3.05) is 6.61 Å². The second kappa shape index (κ2) is 6.86. The molecule has 0 heterocycles. The van der Waals surface area contributed by atoms with E-state index in [1.165, 1.54) is 0 Å². The fourth-order valence-corrected chi connectivity index (χ4v) is 1.82. The topological polar surface area (TPSA) is 26.3 Å². The fourth-order valence-electron chi connectivity index (χ4n) is 1.82. The van der Waals surface area contributed by atoms with Gasteiger partial charge in [-0.2, -0.15) is 0 Å². The third-order valence-electron chi connectivity index (χ3n) is 2.95. The Labute approximate surface area is 88.0 Å². The lowest BCUT2D eigenvalue weighted by molar-refractivity contribution is -0.157. The van der Waals surface area contributed by atoms with Crippen LogP contribution in [0.4, 0.5) is 0 Å². The standard InChI is InChI=1S/C12H24O2/c1-5-9-12(7-3,8-4)11(13)14-10-6-2/h5-10H2,1-4H3.